The summed E-state index contributed by atoms with van der Waals surface area (Å²) in [6, 6.07) is 9.79. The second-order valence-electron chi connectivity index (χ2n) is 3.05. The van der Waals surface area contributed by atoms with Crippen molar-refractivity contribution in [2.75, 3.05) is 0 Å². The number of aliphatic imine (C=N–C) groups is 1. The smallest absolute Gasteiger partial charge is 0.148 e. The summed E-state index contributed by atoms with van der Waals surface area (Å²) in [6.45, 7) is 1.97. The normalized spacial score (nSPS) is 10.9. The number of rotatable bonds is 2. The van der Waals surface area contributed by atoms with Gasteiger partial charge >= 0.3 is 0 Å². The number of benzene rings is 1. The quantitative estimate of drug-likeness (QED) is 0.717. The molecule has 1 N–H and O–H groups in total. The lowest BCUT2D eigenvalue weighted by Crippen LogP contribution is -1.82. The maximum Gasteiger partial charge on any atom is 0.148 e. The van der Waals surface area contributed by atoms with Gasteiger partial charge in [0.15, 0.2) is 0 Å². The van der Waals surface area contributed by atoms with E-state index >= 15 is 0 Å². The first-order valence-corrected chi connectivity index (χ1v) is 4.45. The first-order valence-electron chi connectivity index (χ1n) is 4.45. The van der Waals surface area contributed by atoms with Gasteiger partial charge in [0.2, 0.25) is 0 Å². The Morgan fingerprint density at radius 3 is 2.71 bits per heavy atom. The van der Waals surface area contributed by atoms with Crippen molar-refractivity contribution in [2.24, 2.45) is 4.99 Å². The topological polar surface area (TPSA) is 41.0 Å². The molecule has 0 saturated heterocycles. The molecule has 1 aromatic carbocycles. The Balaban J connectivity index is 2.15. The van der Waals surface area contributed by atoms with Crippen LogP contribution < -0.4 is 0 Å². The summed E-state index contributed by atoms with van der Waals surface area (Å²) in [5, 5.41) is 0. The zero-order valence-electron chi connectivity index (χ0n) is 7.94. The van der Waals surface area contributed by atoms with Crippen molar-refractivity contribution in [3.8, 4) is 0 Å². The molecule has 0 unspecified atom stereocenters. The van der Waals surface area contributed by atoms with Crippen molar-refractivity contribution in [1.29, 1.82) is 0 Å². The summed E-state index contributed by atoms with van der Waals surface area (Å²) in [7, 11) is 0. The van der Waals surface area contributed by atoms with E-state index < -0.39 is 0 Å². The maximum absolute atomic E-state index is 4.27. The third-order valence-corrected chi connectivity index (χ3v) is 1.81. The SMILES string of the molecule is Cc1cnc(C=Nc2ccccc2)[nH]1. The molecular formula is C11H11N3. The Labute approximate surface area is 82.5 Å². The van der Waals surface area contributed by atoms with E-state index in [4.69, 9.17) is 0 Å². The van der Waals surface area contributed by atoms with Crippen LogP contribution in [-0.2, 0) is 0 Å². The molecule has 0 fully saturated rings. The molecular weight excluding hydrogens is 174 g/mol. The van der Waals surface area contributed by atoms with Gasteiger partial charge in [-0.05, 0) is 19.1 Å². The summed E-state index contributed by atoms with van der Waals surface area (Å²) in [5.41, 5.74) is 1.97. The number of H-pyrrole nitrogens is 1. The van der Waals surface area contributed by atoms with Gasteiger partial charge in [-0.1, -0.05) is 18.2 Å². The van der Waals surface area contributed by atoms with Crippen molar-refractivity contribution in [2.45, 2.75) is 6.92 Å². The highest BCUT2D eigenvalue weighted by atomic mass is 14.9. The maximum atomic E-state index is 4.27. The molecule has 3 nitrogen and oxygen atoms in total. The summed E-state index contributed by atoms with van der Waals surface area (Å²) in [4.78, 5) is 11.5. The number of aromatic nitrogens is 2. The lowest BCUT2D eigenvalue weighted by Gasteiger charge is -1.89. The van der Waals surface area contributed by atoms with E-state index in [0.717, 1.165) is 17.2 Å². The van der Waals surface area contributed by atoms with Gasteiger partial charge in [0.25, 0.3) is 0 Å². The van der Waals surface area contributed by atoms with Crippen LogP contribution in [-0.4, -0.2) is 16.2 Å². The summed E-state index contributed by atoms with van der Waals surface area (Å²) >= 11 is 0. The number of para-hydroxylation sites is 1. The minimum absolute atomic E-state index is 0.784. The molecule has 0 radical (unpaired) electrons. The van der Waals surface area contributed by atoms with Gasteiger partial charge < -0.3 is 4.98 Å². The molecule has 0 saturated carbocycles. The highest BCUT2D eigenvalue weighted by molar-refractivity contribution is 5.77. The predicted molar refractivity (Wildman–Crippen MR) is 57.0 cm³/mol. The number of imidazole rings is 1. The van der Waals surface area contributed by atoms with E-state index in [1.165, 1.54) is 0 Å². The molecule has 0 atom stereocenters. The van der Waals surface area contributed by atoms with E-state index in [9.17, 15) is 0 Å². The van der Waals surface area contributed by atoms with Gasteiger partial charge in [-0.2, -0.15) is 0 Å². The number of aryl methyl sites for hydroxylation is 1. The number of nitrogens with one attached hydrogen (secondary N) is 1. The fourth-order valence-electron chi connectivity index (χ4n) is 1.15. The van der Waals surface area contributed by atoms with Crippen molar-refractivity contribution < 1.29 is 0 Å². The zero-order chi connectivity index (χ0) is 9.80. The summed E-state index contributed by atoms with van der Waals surface area (Å²) in [6.07, 6.45) is 3.51. The molecule has 0 aliphatic rings. The van der Waals surface area contributed by atoms with Crippen LogP contribution in [0.3, 0.4) is 0 Å². The van der Waals surface area contributed by atoms with Crippen LogP contribution >= 0.6 is 0 Å². The van der Waals surface area contributed by atoms with Crippen LogP contribution in [0.15, 0.2) is 41.5 Å². The summed E-state index contributed by atoms with van der Waals surface area (Å²) < 4.78 is 0. The number of hydrogen-bond acceptors (Lipinski definition) is 2. The zero-order valence-corrected chi connectivity index (χ0v) is 7.94. The van der Waals surface area contributed by atoms with E-state index in [1.807, 2.05) is 37.3 Å². The lowest BCUT2D eigenvalue weighted by molar-refractivity contribution is 1.23. The molecule has 2 aromatic rings. The minimum atomic E-state index is 0.784. The second-order valence-corrected chi connectivity index (χ2v) is 3.05. The van der Waals surface area contributed by atoms with Crippen molar-refractivity contribution in [3.05, 3.63) is 48.0 Å². The molecule has 0 spiro atoms. The third kappa shape index (κ3) is 2.07. The van der Waals surface area contributed by atoms with Gasteiger partial charge in [0, 0.05) is 11.9 Å². The first-order chi connectivity index (χ1) is 6.84. The Morgan fingerprint density at radius 1 is 1.29 bits per heavy atom. The van der Waals surface area contributed by atoms with Crippen molar-refractivity contribution in [1.82, 2.24) is 9.97 Å². The molecule has 1 aromatic heterocycles. The van der Waals surface area contributed by atoms with Gasteiger partial charge in [-0.25, -0.2) is 4.98 Å². The van der Waals surface area contributed by atoms with Crippen molar-refractivity contribution in [3.63, 3.8) is 0 Å². The van der Waals surface area contributed by atoms with E-state index in [0.29, 0.717) is 0 Å². The molecule has 2 rings (SSSR count). The first kappa shape index (κ1) is 8.69. The Bertz CT molecular complexity index is 429. The fourth-order valence-corrected chi connectivity index (χ4v) is 1.15. The number of hydrogen-bond donors (Lipinski definition) is 1. The monoisotopic (exact) mass is 185 g/mol. The standard InChI is InChI=1S/C11H11N3/c1-9-7-13-11(14-9)8-12-10-5-3-2-4-6-10/h2-8H,1H3,(H,13,14). The number of nitrogens with zero attached hydrogens (tertiary/aromatic N) is 2. The average molecular weight is 185 g/mol. The molecule has 3 heteroatoms. The second kappa shape index (κ2) is 3.87. The fraction of sp³-hybridized carbons (Fsp3) is 0.0909. The average Bonchev–Trinajstić information content (AvgIpc) is 2.63. The molecule has 0 aliphatic carbocycles. The van der Waals surface area contributed by atoms with E-state index in [-0.39, 0.29) is 0 Å². The van der Waals surface area contributed by atoms with Crippen LogP contribution in [0.5, 0.6) is 0 Å². The van der Waals surface area contributed by atoms with Crippen molar-refractivity contribution >= 4 is 11.9 Å². The van der Waals surface area contributed by atoms with Crippen LogP contribution in [0.1, 0.15) is 11.5 Å². The molecule has 0 bridgehead atoms. The lowest BCUT2D eigenvalue weighted by atomic mass is 10.3. The Kier molecular flexibility index (Phi) is 2.40. The highest BCUT2D eigenvalue weighted by Gasteiger charge is 1.91. The minimum Gasteiger partial charge on any atom is -0.341 e. The molecule has 70 valence electrons. The third-order valence-electron chi connectivity index (χ3n) is 1.81. The Morgan fingerprint density at radius 2 is 2.07 bits per heavy atom. The van der Waals surface area contributed by atoms with Gasteiger partial charge in [0.05, 0.1) is 11.9 Å². The van der Waals surface area contributed by atoms with Crippen LogP contribution in [0.2, 0.25) is 0 Å². The van der Waals surface area contributed by atoms with Crippen LogP contribution in [0.4, 0.5) is 5.69 Å². The molecule has 0 aliphatic heterocycles. The molecule has 14 heavy (non-hydrogen) atoms. The molecule has 0 amide bonds. The Hall–Kier alpha value is -1.90. The van der Waals surface area contributed by atoms with Gasteiger partial charge in [-0.3, -0.25) is 4.99 Å². The largest absolute Gasteiger partial charge is 0.341 e. The van der Waals surface area contributed by atoms with E-state index in [1.54, 1.807) is 12.4 Å². The van der Waals surface area contributed by atoms with Gasteiger partial charge in [0.1, 0.15) is 5.82 Å². The highest BCUT2D eigenvalue weighted by Crippen LogP contribution is 2.08. The predicted octanol–water partition coefficient (Wildman–Crippen LogP) is 2.47. The van der Waals surface area contributed by atoms with Crippen LogP contribution in [0, 0.1) is 6.92 Å². The number of aromatic amines is 1. The van der Waals surface area contributed by atoms with Gasteiger partial charge in [-0.15, -0.1) is 0 Å². The molecule has 1 heterocycles. The summed E-state index contributed by atoms with van der Waals surface area (Å²) in [5.74, 6) is 0.784. The van der Waals surface area contributed by atoms with Crippen LogP contribution in [0.25, 0.3) is 0 Å². The van der Waals surface area contributed by atoms with E-state index in [2.05, 4.69) is 15.0 Å².